The Labute approximate surface area is 171 Å². The van der Waals surface area contributed by atoms with Crippen molar-refractivity contribution in [3.8, 4) is 0 Å². The number of fused-ring (bicyclic) bond motifs is 1. The van der Waals surface area contributed by atoms with Crippen LogP contribution in [0.15, 0.2) is 18.2 Å². The third-order valence-corrected chi connectivity index (χ3v) is 6.42. The predicted octanol–water partition coefficient (Wildman–Crippen LogP) is 2.60. The summed E-state index contributed by atoms with van der Waals surface area (Å²) < 4.78 is 0. The zero-order valence-corrected chi connectivity index (χ0v) is 17.2. The lowest BCUT2D eigenvalue weighted by Crippen LogP contribution is -2.44. The molecule has 2 aromatic rings. The van der Waals surface area contributed by atoms with Crippen molar-refractivity contribution < 1.29 is 9.59 Å². The first-order valence-electron chi connectivity index (χ1n) is 10.4. The number of rotatable bonds is 5. The molecule has 1 aliphatic carbocycles. The van der Waals surface area contributed by atoms with Crippen LogP contribution in [0.2, 0.25) is 0 Å². The van der Waals surface area contributed by atoms with Gasteiger partial charge in [0.15, 0.2) is 5.69 Å². The molecule has 7 heteroatoms. The second-order valence-corrected chi connectivity index (χ2v) is 8.38. The lowest BCUT2D eigenvalue weighted by atomic mass is 9.84. The van der Waals surface area contributed by atoms with Crippen LogP contribution in [0.4, 0.5) is 5.69 Å². The topological polar surface area (TPSA) is 98.9 Å². The summed E-state index contributed by atoms with van der Waals surface area (Å²) in [5.74, 6) is -0.222. The highest BCUT2D eigenvalue weighted by atomic mass is 16.2. The maximum atomic E-state index is 13.2. The van der Waals surface area contributed by atoms with Crippen molar-refractivity contribution in [3.05, 3.63) is 46.3 Å². The van der Waals surface area contributed by atoms with Crippen molar-refractivity contribution >= 4 is 17.5 Å². The maximum absolute atomic E-state index is 13.2. The molecule has 1 aromatic carbocycles. The fraction of sp³-hybridized carbons (Fsp3) is 0.500. The third kappa shape index (κ3) is 3.92. The second-order valence-electron chi connectivity index (χ2n) is 8.38. The zero-order valence-electron chi connectivity index (χ0n) is 17.2. The van der Waals surface area contributed by atoms with Crippen LogP contribution >= 0.6 is 0 Å². The molecule has 154 valence electrons. The Kier molecular flexibility index (Phi) is 5.41. The van der Waals surface area contributed by atoms with Gasteiger partial charge in [-0.15, -0.1) is 0 Å². The number of nitrogens with zero attached hydrogens (tertiary/aromatic N) is 1. The second kappa shape index (κ2) is 7.99. The molecular formula is C22H29N5O2. The molecule has 1 aliphatic heterocycles. The van der Waals surface area contributed by atoms with Gasteiger partial charge in [-0.05, 0) is 49.9 Å². The van der Waals surface area contributed by atoms with Gasteiger partial charge in [0.05, 0.1) is 5.41 Å². The van der Waals surface area contributed by atoms with Crippen molar-refractivity contribution in [2.75, 3.05) is 18.4 Å². The van der Waals surface area contributed by atoms with E-state index in [9.17, 15) is 9.59 Å². The number of hydrogen-bond acceptors (Lipinski definition) is 4. The minimum atomic E-state index is -0.566. The number of aromatic nitrogens is 2. The van der Waals surface area contributed by atoms with E-state index in [2.05, 4.69) is 33.1 Å². The highest BCUT2D eigenvalue weighted by Gasteiger charge is 2.41. The van der Waals surface area contributed by atoms with Crippen LogP contribution in [-0.2, 0) is 17.8 Å². The number of H-pyrrole nitrogens is 1. The Morgan fingerprint density at radius 1 is 1.17 bits per heavy atom. The summed E-state index contributed by atoms with van der Waals surface area (Å²) in [6.45, 7) is 5.96. The SMILES string of the molecule is Cc1ccc(NC(=O)C2(CNC(=O)c3n[nH]c4c3CNCC4)CCCC2)cc1C. The quantitative estimate of drug-likeness (QED) is 0.625. The Hall–Kier alpha value is -2.67. The van der Waals surface area contributed by atoms with Crippen LogP contribution in [-0.4, -0.2) is 35.1 Å². The number of nitrogens with one attached hydrogen (secondary N) is 4. The van der Waals surface area contributed by atoms with Gasteiger partial charge in [-0.3, -0.25) is 14.7 Å². The Balaban J connectivity index is 1.45. The van der Waals surface area contributed by atoms with E-state index in [0.29, 0.717) is 18.8 Å². The van der Waals surface area contributed by atoms with Gasteiger partial charge in [0, 0.05) is 43.0 Å². The lowest BCUT2D eigenvalue weighted by molar-refractivity contribution is -0.125. The number of carbonyl (C=O) groups excluding carboxylic acids is 2. The molecule has 2 heterocycles. The maximum Gasteiger partial charge on any atom is 0.272 e. The van der Waals surface area contributed by atoms with E-state index < -0.39 is 5.41 Å². The minimum Gasteiger partial charge on any atom is -0.350 e. The summed E-state index contributed by atoms with van der Waals surface area (Å²) >= 11 is 0. The summed E-state index contributed by atoms with van der Waals surface area (Å²) in [6.07, 6.45) is 4.40. The van der Waals surface area contributed by atoms with Gasteiger partial charge < -0.3 is 16.0 Å². The van der Waals surface area contributed by atoms with Crippen molar-refractivity contribution in [2.24, 2.45) is 5.41 Å². The first kappa shape index (κ1) is 19.6. The molecule has 0 bridgehead atoms. The summed E-state index contributed by atoms with van der Waals surface area (Å²) in [5.41, 5.74) is 4.99. The highest BCUT2D eigenvalue weighted by Crippen LogP contribution is 2.39. The van der Waals surface area contributed by atoms with E-state index in [4.69, 9.17) is 0 Å². The van der Waals surface area contributed by atoms with Gasteiger partial charge >= 0.3 is 0 Å². The van der Waals surface area contributed by atoms with Crippen LogP contribution in [0.1, 0.15) is 58.6 Å². The zero-order chi connectivity index (χ0) is 20.4. The number of anilines is 1. The molecule has 0 unspecified atom stereocenters. The van der Waals surface area contributed by atoms with Crippen LogP contribution in [0.5, 0.6) is 0 Å². The minimum absolute atomic E-state index is 0.00993. The van der Waals surface area contributed by atoms with E-state index in [1.165, 1.54) is 5.56 Å². The molecule has 7 nitrogen and oxygen atoms in total. The molecule has 1 saturated carbocycles. The van der Waals surface area contributed by atoms with Crippen LogP contribution in [0.25, 0.3) is 0 Å². The summed E-state index contributed by atoms with van der Waals surface area (Å²) in [6, 6.07) is 5.95. The number of aryl methyl sites for hydroxylation is 2. The van der Waals surface area contributed by atoms with Crippen molar-refractivity contribution in [1.82, 2.24) is 20.8 Å². The average Bonchev–Trinajstić information content (AvgIpc) is 3.37. The molecule has 1 fully saturated rings. The molecule has 2 amide bonds. The standard InChI is InChI=1S/C22H29N5O2/c1-14-5-6-16(11-15(14)2)25-21(29)22(8-3-4-9-22)13-24-20(28)19-17-12-23-10-7-18(17)26-27-19/h5-6,11,23H,3-4,7-10,12-13H2,1-2H3,(H,24,28)(H,25,29)(H,26,27). The Morgan fingerprint density at radius 3 is 2.72 bits per heavy atom. The van der Waals surface area contributed by atoms with Crippen molar-refractivity contribution in [1.29, 1.82) is 0 Å². The number of aromatic amines is 1. The molecule has 29 heavy (non-hydrogen) atoms. The number of benzene rings is 1. The van der Waals surface area contributed by atoms with E-state index in [1.807, 2.05) is 25.1 Å². The highest BCUT2D eigenvalue weighted by molar-refractivity contribution is 5.97. The lowest BCUT2D eigenvalue weighted by Gasteiger charge is -2.28. The van der Waals surface area contributed by atoms with Gasteiger partial charge in [-0.2, -0.15) is 5.10 Å². The molecule has 4 N–H and O–H groups in total. The fourth-order valence-corrected chi connectivity index (χ4v) is 4.37. The molecule has 0 spiro atoms. The molecule has 0 radical (unpaired) electrons. The summed E-state index contributed by atoms with van der Waals surface area (Å²) in [4.78, 5) is 26.0. The van der Waals surface area contributed by atoms with Gasteiger partial charge in [0.25, 0.3) is 5.91 Å². The predicted molar refractivity (Wildman–Crippen MR) is 112 cm³/mol. The van der Waals surface area contributed by atoms with E-state index in [0.717, 1.165) is 61.2 Å². The summed E-state index contributed by atoms with van der Waals surface area (Å²) in [5, 5.41) is 16.5. The normalized spacial score (nSPS) is 17.6. The van der Waals surface area contributed by atoms with Crippen LogP contribution in [0, 0.1) is 19.3 Å². The molecule has 2 aliphatic rings. The van der Waals surface area contributed by atoms with Crippen LogP contribution in [0.3, 0.4) is 0 Å². The third-order valence-electron chi connectivity index (χ3n) is 6.42. The van der Waals surface area contributed by atoms with Crippen LogP contribution < -0.4 is 16.0 Å². The first-order valence-corrected chi connectivity index (χ1v) is 10.4. The van der Waals surface area contributed by atoms with E-state index in [1.54, 1.807) is 0 Å². The fourth-order valence-electron chi connectivity index (χ4n) is 4.37. The smallest absolute Gasteiger partial charge is 0.272 e. The van der Waals surface area contributed by atoms with Gasteiger partial charge in [-0.1, -0.05) is 18.9 Å². The van der Waals surface area contributed by atoms with Gasteiger partial charge in [0.2, 0.25) is 5.91 Å². The largest absolute Gasteiger partial charge is 0.350 e. The number of amides is 2. The number of hydrogen-bond donors (Lipinski definition) is 4. The Bertz CT molecular complexity index is 927. The molecule has 0 saturated heterocycles. The summed E-state index contributed by atoms with van der Waals surface area (Å²) in [7, 11) is 0. The first-order chi connectivity index (χ1) is 14.0. The molecule has 1 aromatic heterocycles. The van der Waals surface area contributed by atoms with E-state index >= 15 is 0 Å². The molecule has 0 atom stereocenters. The Morgan fingerprint density at radius 2 is 1.97 bits per heavy atom. The van der Waals surface area contributed by atoms with Crippen molar-refractivity contribution in [2.45, 2.75) is 52.5 Å². The van der Waals surface area contributed by atoms with Gasteiger partial charge in [-0.25, -0.2) is 0 Å². The number of carbonyl (C=O) groups is 2. The van der Waals surface area contributed by atoms with Crippen molar-refractivity contribution in [3.63, 3.8) is 0 Å². The average molecular weight is 396 g/mol. The molecule has 4 rings (SSSR count). The van der Waals surface area contributed by atoms with Gasteiger partial charge in [0.1, 0.15) is 0 Å². The molecular weight excluding hydrogens is 366 g/mol. The monoisotopic (exact) mass is 395 g/mol. The van der Waals surface area contributed by atoms with E-state index in [-0.39, 0.29) is 11.8 Å².